The fourth-order valence-corrected chi connectivity index (χ4v) is 0.424. The molecule has 0 aliphatic rings. The maximum absolute atomic E-state index is 10.6. The first-order chi connectivity index (χ1) is 5.19. The van der Waals surface area contributed by atoms with Gasteiger partial charge in [0.2, 0.25) is 0 Å². The van der Waals surface area contributed by atoms with Crippen molar-refractivity contribution in [1.29, 1.82) is 0 Å². The van der Waals surface area contributed by atoms with Crippen molar-refractivity contribution < 1.29 is 9.90 Å². The molecular weight excluding hydrogens is 220 g/mol. The number of alkyl halides is 1. The Morgan fingerprint density at radius 1 is 1.17 bits per heavy atom. The Kier molecular flexibility index (Phi) is 5.85. The van der Waals surface area contributed by atoms with Crippen LogP contribution in [-0.2, 0) is 4.79 Å². The van der Waals surface area contributed by atoms with Crippen LogP contribution in [0.3, 0.4) is 0 Å². The number of halogens is 1. The van der Waals surface area contributed by atoms with Crippen LogP contribution < -0.4 is 0 Å². The average molecular weight is 239 g/mol. The highest BCUT2D eigenvalue weighted by atomic mass is 79.9. The molecule has 1 N–H and O–H groups in total. The summed E-state index contributed by atoms with van der Waals surface area (Å²) >= 11 is 3.32. The molecule has 0 aromatic rings. The lowest BCUT2D eigenvalue weighted by molar-refractivity contribution is -0.148. The van der Waals surface area contributed by atoms with E-state index in [1.807, 2.05) is 27.7 Å². The molecule has 2 nitrogen and oxygen atoms in total. The molecule has 0 aromatic carbocycles. The van der Waals surface area contributed by atoms with Gasteiger partial charge in [0, 0.05) is 4.32 Å². The van der Waals surface area contributed by atoms with Crippen molar-refractivity contribution >= 4 is 21.9 Å². The average Bonchev–Trinajstić information content (AvgIpc) is 1.89. The molecule has 0 heterocycles. The van der Waals surface area contributed by atoms with Crippen LogP contribution in [0.25, 0.3) is 0 Å². The Hall–Kier alpha value is -0.0500. The van der Waals surface area contributed by atoms with Crippen LogP contribution in [0, 0.1) is 5.41 Å². The van der Waals surface area contributed by atoms with Crippen molar-refractivity contribution in [3.05, 3.63) is 0 Å². The van der Waals surface area contributed by atoms with Crippen LogP contribution >= 0.6 is 15.9 Å². The van der Waals surface area contributed by atoms with E-state index in [4.69, 9.17) is 5.11 Å². The summed E-state index contributed by atoms with van der Waals surface area (Å²) in [5.74, 6) is -0.783. The molecule has 0 aromatic heterocycles. The molecule has 0 saturated heterocycles. The van der Waals surface area contributed by atoms with Crippen molar-refractivity contribution in [3.63, 3.8) is 0 Å². The number of carboxylic acid groups (broad SMARTS) is 1. The minimum absolute atomic E-state index is 0.369. The lowest BCUT2D eigenvalue weighted by atomic mass is 9.81. The second-order valence-corrected chi connectivity index (χ2v) is 5.39. The molecule has 0 rings (SSSR count). The van der Waals surface area contributed by atoms with Crippen molar-refractivity contribution in [2.24, 2.45) is 5.41 Å². The van der Waals surface area contributed by atoms with Gasteiger partial charge in [-0.2, -0.15) is 0 Å². The second kappa shape index (κ2) is 4.85. The largest absolute Gasteiger partial charge is 0.481 e. The molecule has 0 fully saturated rings. The number of carboxylic acids is 1. The lowest BCUT2D eigenvalue weighted by Crippen LogP contribution is -2.40. The summed E-state index contributed by atoms with van der Waals surface area (Å²) in [5.41, 5.74) is -0.729. The van der Waals surface area contributed by atoms with E-state index in [2.05, 4.69) is 15.9 Å². The Labute approximate surface area is 83.5 Å². The number of rotatable bonds is 2. The van der Waals surface area contributed by atoms with Crippen LogP contribution in [0.1, 0.15) is 41.5 Å². The van der Waals surface area contributed by atoms with E-state index in [0.29, 0.717) is 0 Å². The van der Waals surface area contributed by atoms with Crippen LogP contribution in [0.4, 0.5) is 0 Å². The highest BCUT2D eigenvalue weighted by Crippen LogP contribution is 2.37. The number of carbonyl (C=O) groups is 1. The van der Waals surface area contributed by atoms with Crippen LogP contribution in [-0.4, -0.2) is 15.4 Å². The third-order valence-corrected chi connectivity index (χ3v) is 3.01. The zero-order valence-corrected chi connectivity index (χ0v) is 10.3. The van der Waals surface area contributed by atoms with Crippen molar-refractivity contribution in [2.75, 3.05) is 0 Å². The smallest absolute Gasteiger partial charge is 0.310 e. The van der Waals surface area contributed by atoms with Gasteiger partial charge in [0.05, 0.1) is 5.41 Å². The summed E-state index contributed by atoms with van der Waals surface area (Å²) in [6.07, 6.45) is 0. The van der Waals surface area contributed by atoms with Gasteiger partial charge in [-0.15, -0.1) is 0 Å². The standard InChI is InChI=1S/C7H13BrO2.C2H6/c1-6(2,5(9)10)7(3,4)8;1-2/h1-4H3,(H,9,10);1-2H3. The quantitative estimate of drug-likeness (QED) is 0.750. The molecule has 0 bridgehead atoms. The Morgan fingerprint density at radius 2 is 1.42 bits per heavy atom. The summed E-state index contributed by atoms with van der Waals surface area (Å²) in [6.45, 7) is 11.1. The molecule has 74 valence electrons. The molecule has 0 spiro atoms. The van der Waals surface area contributed by atoms with Gasteiger partial charge < -0.3 is 5.11 Å². The van der Waals surface area contributed by atoms with Crippen molar-refractivity contribution in [3.8, 4) is 0 Å². The monoisotopic (exact) mass is 238 g/mol. The molecule has 3 heteroatoms. The number of hydrogen-bond donors (Lipinski definition) is 1. The predicted octanol–water partition coefficient (Wildman–Crippen LogP) is 3.30. The molecule has 0 amide bonds. The fraction of sp³-hybridized carbons (Fsp3) is 0.889. The Balaban J connectivity index is 0. The van der Waals surface area contributed by atoms with E-state index in [1.54, 1.807) is 13.8 Å². The van der Waals surface area contributed by atoms with Gasteiger partial charge in [0.15, 0.2) is 0 Å². The van der Waals surface area contributed by atoms with Crippen LogP contribution in [0.15, 0.2) is 0 Å². The first-order valence-electron chi connectivity index (χ1n) is 4.12. The molecule has 0 atom stereocenters. The van der Waals surface area contributed by atoms with Gasteiger partial charge in [0.1, 0.15) is 0 Å². The third-order valence-electron chi connectivity index (χ3n) is 2.02. The predicted molar refractivity (Wildman–Crippen MR) is 55.8 cm³/mol. The number of hydrogen-bond acceptors (Lipinski definition) is 1. The van der Waals surface area contributed by atoms with E-state index in [1.165, 1.54) is 0 Å². The van der Waals surface area contributed by atoms with E-state index in [9.17, 15) is 4.79 Å². The zero-order valence-electron chi connectivity index (χ0n) is 8.73. The molecule has 0 aliphatic heterocycles. The second-order valence-electron chi connectivity index (χ2n) is 3.40. The van der Waals surface area contributed by atoms with E-state index in [0.717, 1.165) is 0 Å². The minimum Gasteiger partial charge on any atom is -0.481 e. The summed E-state index contributed by atoms with van der Waals surface area (Å²) in [5, 5.41) is 8.75. The van der Waals surface area contributed by atoms with Gasteiger partial charge in [-0.25, -0.2) is 0 Å². The SMILES string of the molecule is CC.CC(C)(Br)C(C)(C)C(=O)O. The van der Waals surface area contributed by atoms with Crippen LogP contribution in [0.5, 0.6) is 0 Å². The van der Waals surface area contributed by atoms with Crippen LogP contribution in [0.2, 0.25) is 0 Å². The topological polar surface area (TPSA) is 37.3 Å². The summed E-state index contributed by atoms with van der Waals surface area (Å²) in [6, 6.07) is 0. The molecule has 0 radical (unpaired) electrons. The summed E-state index contributed by atoms with van der Waals surface area (Å²) in [7, 11) is 0. The van der Waals surface area contributed by atoms with Crippen molar-refractivity contribution in [2.45, 2.75) is 45.9 Å². The maximum atomic E-state index is 10.6. The first kappa shape index (κ1) is 14.5. The highest BCUT2D eigenvalue weighted by Gasteiger charge is 2.41. The molecule has 0 saturated carbocycles. The van der Waals surface area contributed by atoms with Gasteiger partial charge in [-0.3, -0.25) is 4.79 Å². The lowest BCUT2D eigenvalue weighted by Gasteiger charge is -2.32. The zero-order chi connectivity index (χ0) is 10.6. The van der Waals surface area contributed by atoms with Gasteiger partial charge in [0.25, 0.3) is 0 Å². The Bertz CT molecular complexity index is 145. The highest BCUT2D eigenvalue weighted by molar-refractivity contribution is 9.10. The first-order valence-corrected chi connectivity index (χ1v) is 4.91. The Morgan fingerprint density at radius 3 is 1.42 bits per heavy atom. The molecule has 12 heavy (non-hydrogen) atoms. The van der Waals surface area contributed by atoms with E-state index in [-0.39, 0.29) is 4.32 Å². The number of aliphatic carboxylic acids is 1. The molecular formula is C9H19BrO2. The van der Waals surface area contributed by atoms with Gasteiger partial charge >= 0.3 is 5.97 Å². The minimum atomic E-state index is -0.783. The van der Waals surface area contributed by atoms with E-state index >= 15 is 0 Å². The molecule has 0 unspecified atom stereocenters. The normalized spacial score (nSPS) is 11.6. The van der Waals surface area contributed by atoms with Gasteiger partial charge in [-0.1, -0.05) is 29.8 Å². The third kappa shape index (κ3) is 3.57. The summed E-state index contributed by atoms with van der Waals surface area (Å²) < 4.78 is -0.369. The van der Waals surface area contributed by atoms with Gasteiger partial charge in [-0.05, 0) is 27.7 Å². The summed E-state index contributed by atoms with van der Waals surface area (Å²) in [4.78, 5) is 10.6. The fourth-order valence-electron chi connectivity index (χ4n) is 0.254. The molecule has 0 aliphatic carbocycles. The van der Waals surface area contributed by atoms with E-state index < -0.39 is 11.4 Å². The maximum Gasteiger partial charge on any atom is 0.310 e. The van der Waals surface area contributed by atoms with Crippen molar-refractivity contribution in [1.82, 2.24) is 0 Å².